The van der Waals surface area contributed by atoms with Crippen LogP contribution in [0, 0.1) is 23.2 Å². The van der Waals surface area contributed by atoms with Crippen LogP contribution in [-0.2, 0) is 20.7 Å². The first kappa shape index (κ1) is 20.2. The molecule has 4 bridgehead atoms. The summed E-state index contributed by atoms with van der Waals surface area (Å²) in [7, 11) is 0. The fraction of sp³-hybridized carbons (Fsp3) is 0.583. The first-order chi connectivity index (χ1) is 14.9. The van der Waals surface area contributed by atoms with Crippen LogP contribution < -0.4 is 10.9 Å². The standard InChI is InChI=1S/C24H29N3O4/c1-14(24-10-15-6-16(11-24)8-17(7-15)12-24)25-21(28)13-31-22(29)9-20-18-4-2-3-5-19(18)23(30)27-26-20/h2-5,14-17H,6-13H2,1H3,(H,25,28)(H,27,30)/t14-,15?,16?,17?,24?/m1/s1. The number of amides is 1. The van der Waals surface area contributed by atoms with Crippen molar-refractivity contribution >= 4 is 22.6 Å². The Balaban J connectivity index is 1.16. The Morgan fingerprint density at radius 3 is 2.39 bits per heavy atom. The summed E-state index contributed by atoms with van der Waals surface area (Å²) in [5.41, 5.74) is 0.348. The second kappa shape index (κ2) is 7.77. The number of fused-ring (bicyclic) bond motifs is 1. The minimum Gasteiger partial charge on any atom is -0.455 e. The van der Waals surface area contributed by atoms with E-state index in [0.717, 1.165) is 17.8 Å². The van der Waals surface area contributed by atoms with Gasteiger partial charge in [0.25, 0.3) is 11.5 Å². The summed E-state index contributed by atoms with van der Waals surface area (Å²) in [5, 5.41) is 10.6. The smallest absolute Gasteiger partial charge is 0.312 e. The average Bonchev–Trinajstić information content (AvgIpc) is 2.73. The number of nitrogens with one attached hydrogen (secondary N) is 2. The van der Waals surface area contributed by atoms with Gasteiger partial charge in [0.15, 0.2) is 6.61 Å². The first-order valence-corrected chi connectivity index (χ1v) is 11.3. The monoisotopic (exact) mass is 423 g/mol. The molecule has 1 heterocycles. The molecule has 6 rings (SSSR count). The molecule has 1 aromatic heterocycles. The predicted molar refractivity (Wildman–Crippen MR) is 115 cm³/mol. The highest BCUT2D eigenvalue weighted by Gasteiger charge is 2.53. The zero-order valence-electron chi connectivity index (χ0n) is 17.9. The lowest BCUT2D eigenvalue weighted by Crippen LogP contribution is -2.56. The lowest BCUT2D eigenvalue weighted by molar-refractivity contribution is -0.149. The molecule has 1 aromatic carbocycles. The van der Waals surface area contributed by atoms with E-state index in [-0.39, 0.29) is 36.0 Å². The molecule has 4 fully saturated rings. The fourth-order valence-corrected chi connectivity index (χ4v) is 6.78. The minimum atomic E-state index is -0.540. The van der Waals surface area contributed by atoms with E-state index in [4.69, 9.17) is 4.74 Å². The number of carbonyl (C=O) groups excluding carboxylic acids is 2. The van der Waals surface area contributed by atoms with Crippen molar-refractivity contribution in [2.75, 3.05) is 6.61 Å². The normalized spacial score (nSPS) is 29.6. The van der Waals surface area contributed by atoms with Gasteiger partial charge in [-0.1, -0.05) is 18.2 Å². The third-order valence-electron chi connectivity index (χ3n) is 7.83. The Hall–Kier alpha value is -2.70. The lowest BCUT2D eigenvalue weighted by atomic mass is 9.48. The van der Waals surface area contributed by atoms with Crippen molar-refractivity contribution in [3.63, 3.8) is 0 Å². The second-order valence-corrected chi connectivity index (χ2v) is 9.95. The van der Waals surface area contributed by atoms with Crippen LogP contribution in [0.5, 0.6) is 0 Å². The number of aromatic nitrogens is 2. The molecule has 31 heavy (non-hydrogen) atoms. The first-order valence-electron chi connectivity index (χ1n) is 11.3. The molecule has 2 aromatic rings. The number of nitrogens with zero attached hydrogens (tertiary/aromatic N) is 1. The Kier molecular flexibility index (Phi) is 5.07. The van der Waals surface area contributed by atoms with E-state index in [1.165, 1.54) is 38.5 Å². The number of rotatable bonds is 6. The second-order valence-electron chi connectivity index (χ2n) is 9.95. The van der Waals surface area contributed by atoms with Gasteiger partial charge in [-0.2, -0.15) is 5.10 Å². The Morgan fingerprint density at radius 1 is 1.13 bits per heavy atom. The summed E-state index contributed by atoms with van der Waals surface area (Å²) in [6, 6.07) is 7.08. The lowest BCUT2D eigenvalue weighted by Gasteiger charge is -2.59. The third kappa shape index (κ3) is 3.86. The molecule has 4 aliphatic rings. The molecule has 7 heteroatoms. The molecule has 164 valence electrons. The van der Waals surface area contributed by atoms with E-state index in [1.54, 1.807) is 24.3 Å². The molecule has 4 saturated carbocycles. The maximum absolute atomic E-state index is 12.5. The number of hydrogen-bond acceptors (Lipinski definition) is 5. The van der Waals surface area contributed by atoms with Crippen LogP contribution in [0.25, 0.3) is 10.8 Å². The molecule has 0 saturated heterocycles. The minimum absolute atomic E-state index is 0.0944. The van der Waals surface area contributed by atoms with Crippen LogP contribution in [0.2, 0.25) is 0 Å². The molecule has 2 N–H and O–H groups in total. The van der Waals surface area contributed by atoms with E-state index >= 15 is 0 Å². The van der Waals surface area contributed by atoms with Crippen LogP contribution in [0.4, 0.5) is 0 Å². The van der Waals surface area contributed by atoms with Crippen molar-refractivity contribution in [2.24, 2.45) is 23.2 Å². The van der Waals surface area contributed by atoms with E-state index in [1.807, 2.05) is 0 Å². The number of hydrogen-bond donors (Lipinski definition) is 2. The Labute approximate surface area is 180 Å². The van der Waals surface area contributed by atoms with Gasteiger partial charge in [-0.25, -0.2) is 5.10 Å². The van der Waals surface area contributed by atoms with Crippen LogP contribution in [0.1, 0.15) is 51.1 Å². The molecule has 7 nitrogen and oxygen atoms in total. The summed E-state index contributed by atoms with van der Waals surface area (Å²) >= 11 is 0. The van der Waals surface area contributed by atoms with Crippen molar-refractivity contribution in [1.29, 1.82) is 0 Å². The van der Waals surface area contributed by atoms with Crippen molar-refractivity contribution in [2.45, 2.75) is 57.9 Å². The third-order valence-corrected chi connectivity index (χ3v) is 7.83. The van der Waals surface area contributed by atoms with Crippen LogP contribution in [0.15, 0.2) is 29.1 Å². The Morgan fingerprint density at radius 2 is 1.74 bits per heavy atom. The number of ether oxygens (including phenoxy) is 1. The molecule has 0 unspecified atom stereocenters. The van der Waals surface area contributed by atoms with Gasteiger partial charge >= 0.3 is 5.97 Å². The van der Waals surface area contributed by atoms with E-state index < -0.39 is 5.97 Å². The van der Waals surface area contributed by atoms with Crippen molar-refractivity contribution < 1.29 is 14.3 Å². The van der Waals surface area contributed by atoms with Gasteiger partial charge in [0.2, 0.25) is 0 Å². The highest BCUT2D eigenvalue weighted by Crippen LogP contribution is 2.61. The zero-order valence-corrected chi connectivity index (χ0v) is 17.9. The van der Waals surface area contributed by atoms with Crippen molar-refractivity contribution in [3.8, 4) is 0 Å². The van der Waals surface area contributed by atoms with Gasteiger partial charge in [-0.05, 0) is 74.7 Å². The van der Waals surface area contributed by atoms with Gasteiger partial charge in [0, 0.05) is 11.4 Å². The van der Waals surface area contributed by atoms with Gasteiger partial charge in [-0.3, -0.25) is 14.4 Å². The van der Waals surface area contributed by atoms with E-state index in [9.17, 15) is 14.4 Å². The quantitative estimate of drug-likeness (QED) is 0.696. The molecule has 0 radical (unpaired) electrons. The highest BCUT2D eigenvalue weighted by molar-refractivity contribution is 5.87. The fourth-order valence-electron chi connectivity index (χ4n) is 6.78. The number of esters is 1. The molecule has 1 amide bonds. The van der Waals surface area contributed by atoms with Gasteiger partial charge in [0.05, 0.1) is 17.5 Å². The predicted octanol–water partition coefficient (Wildman–Crippen LogP) is 2.73. The number of carbonyl (C=O) groups is 2. The highest BCUT2D eigenvalue weighted by atomic mass is 16.5. The maximum Gasteiger partial charge on any atom is 0.312 e. The number of aromatic amines is 1. The maximum atomic E-state index is 12.5. The number of benzene rings is 1. The van der Waals surface area contributed by atoms with Crippen LogP contribution in [0.3, 0.4) is 0 Å². The van der Waals surface area contributed by atoms with Gasteiger partial charge < -0.3 is 10.1 Å². The summed E-state index contributed by atoms with van der Waals surface area (Å²) < 4.78 is 5.22. The number of H-pyrrole nitrogens is 1. The largest absolute Gasteiger partial charge is 0.455 e. The van der Waals surface area contributed by atoms with E-state index in [0.29, 0.717) is 16.5 Å². The summed E-state index contributed by atoms with van der Waals surface area (Å²) in [4.78, 5) is 36.7. The molecule has 0 spiro atoms. The summed E-state index contributed by atoms with van der Waals surface area (Å²) in [6.07, 6.45) is 7.64. The summed E-state index contributed by atoms with van der Waals surface area (Å²) in [5.74, 6) is 1.67. The van der Waals surface area contributed by atoms with Crippen LogP contribution >= 0.6 is 0 Å². The van der Waals surface area contributed by atoms with Gasteiger partial charge in [0.1, 0.15) is 0 Å². The topological polar surface area (TPSA) is 101 Å². The molecule has 1 atom stereocenters. The van der Waals surface area contributed by atoms with Crippen LogP contribution in [-0.4, -0.2) is 34.7 Å². The molecular weight excluding hydrogens is 394 g/mol. The Bertz CT molecular complexity index is 1040. The molecular formula is C24H29N3O4. The average molecular weight is 424 g/mol. The molecule has 0 aliphatic heterocycles. The molecule has 4 aliphatic carbocycles. The van der Waals surface area contributed by atoms with Crippen molar-refractivity contribution in [1.82, 2.24) is 15.5 Å². The van der Waals surface area contributed by atoms with Gasteiger partial charge in [-0.15, -0.1) is 0 Å². The SMILES string of the molecule is C[C@@H](NC(=O)COC(=O)Cc1n[nH]c(=O)c2ccccc12)C12CC3CC(CC(C3)C1)C2. The van der Waals surface area contributed by atoms with Crippen molar-refractivity contribution in [3.05, 3.63) is 40.3 Å². The zero-order chi connectivity index (χ0) is 21.6. The van der Waals surface area contributed by atoms with E-state index in [2.05, 4.69) is 22.4 Å². The summed E-state index contributed by atoms with van der Waals surface area (Å²) in [6.45, 7) is 1.82.